The lowest BCUT2D eigenvalue weighted by Crippen LogP contribution is -2.39. The van der Waals surface area contributed by atoms with E-state index in [2.05, 4.69) is 0 Å². The van der Waals surface area contributed by atoms with Crippen LogP contribution in [0.4, 0.5) is 0 Å². The lowest BCUT2D eigenvalue weighted by Gasteiger charge is -2.07. The molecule has 0 spiro atoms. The number of rotatable bonds is 8. The van der Waals surface area contributed by atoms with Gasteiger partial charge in [-0.2, -0.15) is 0 Å². The Labute approximate surface area is 145 Å². The molecule has 0 aliphatic rings. The molecular weight excluding hydrogens is 368 g/mol. The molecule has 14 nitrogen and oxygen atoms in total. The van der Waals surface area contributed by atoms with Gasteiger partial charge in [0.15, 0.2) is 24.4 Å². The summed E-state index contributed by atoms with van der Waals surface area (Å²) in [5, 5.41) is 81.6. The fourth-order valence-corrected chi connectivity index (χ4v) is 0.669. The summed E-state index contributed by atoms with van der Waals surface area (Å²) in [6, 6.07) is 0. The van der Waals surface area contributed by atoms with Gasteiger partial charge in [-0.25, -0.2) is 19.2 Å². The summed E-state index contributed by atoms with van der Waals surface area (Å²) >= 11 is 0. The number of carboxylic acids is 4. The molecule has 0 aliphatic carbocycles. The number of hydrogen-bond acceptors (Lipinski definition) is 10. The Hall–Kier alpha value is -2.36. The first-order valence-corrected chi connectivity index (χ1v) is 6.66. The third-order valence-corrected chi connectivity index (χ3v) is 2.29. The van der Waals surface area contributed by atoms with Crippen LogP contribution in [0.2, 0.25) is 0 Å². The Morgan fingerprint density at radius 3 is 0.846 bits per heavy atom. The molecule has 0 aromatic heterocycles. The van der Waals surface area contributed by atoms with E-state index in [0.29, 0.717) is 6.42 Å². The molecule has 26 heavy (non-hydrogen) atoms. The van der Waals surface area contributed by atoms with Crippen molar-refractivity contribution in [3.63, 3.8) is 0 Å². The van der Waals surface area contributed by atoms with Gasteiger partial charge < -0.3 is 51.1 Å². The third-order valence-electron chi connectivity index (χ3n) is 2.29. The van der Waals surface area contributed by atoms with Crippen molar-refractivity contribution in [2.24, 2.45) is 0 Å². The fraction of sp³-hybridized carbons (Fsp3) is 0.667. The van der Waals surface area contributed by atoms with Crippen LogP contribution in [0.3, 0.4) is 0 Å². The first-order chi connectivity index (χ1) is 11.7. The molecule has 0 heterocycles. The van der Waals surface area contributed by atoms with Crippen molar-refractivity contribution in [2.45, 2.75) is 43.9 Å². The van der Waals surface area contributed by atoms with Crippen LogP contribution in [0, 0.1) is 0 Å². The van der Waals surface area contributed by atoms with Gasteiger partial charge in [0, 0.05) is 0 Å². The van der Waals surface area contributed by atoms with Crippen LogP contribution in [0.15, 0.2) is 0 Å². The van der Waals surface area contributed by atoms with Gasteiger partial charge in [-0.05, 0) is 6.42 Å². The number of aliphatic hydroxyl groups is 6. The van der Waals surface area contributed by atoms with Gasteiger partial charge in [0.1, 0.15) is 0 Å². The SMILES string of the molecule is CCC(O)CO.O=C(O)C(O)C(O)C(=O)O.O=C(O)C(O)C(O)C(=O)O. The second-order valence-corrected chi connectivity index (χ2v) is 4.38. The van der Waals surface area contributed by atoms with E-state index in [9.17, 15) is 19.2 Å². The molecule has 0 fully saturated rings. The molecule has 5 unspecified atom stereocenters. The number of carboxylic acid groups (broad SMARTS) is 4. The average molecular weight is 390 g/mol. The quantitative estimate of drug-likeness (QED) is 0.187. The van der Waals surface area contributed by atoms with Gasteiger partial charge in [0.05, 0.1) is 12.7 Å². The Balaban J connectivity index is -0.000000316. The smallest absolute Gasteiger partial charge is 0.335 e. The minimum absolute atomic E-state index is 0.115. The zero-order chi connectivity index (χ0) is 21.6. The van der Waals surface area contributed by atoms with Crippen LogP contribution in [0.25, 0.3) is 0 Å². The largest absolute Gasteiger partial charge is 0.479 e. The van der Waals surface area contributed by atoms with Crippen LogP contribution in [0.5, 0.6) is 0 Å². The standard InChI is InChI=1S/2C4H6O6.C4H10O2/c2*5-1(3(7)8)2(6)4(9)10;1-2-4(6)3-5/h2*1-2,5-6H,(H,7,8)(H,9,10);4-6H,2-3H2,1H3. The lowest BCUT2D eigenvalue weighted by atomic mass is 10.2. The van der Waals surface area contributed by atoms with Crippen LogP contribution in [-0.2, 0) is 19.2 Å². The predicted molar refractivity (Wildman–Crippen MR) is 78.0 cm³/mol. The minimum Gasteiger partial charge on any atom is -0.479 e. The molecule has 5 atom stereocenters. The summed E-state index contributed by atoms with van der Waals surface area (Å²) in [6.45, 7) is 1.71. The van der Waals surface area contributed by atoms with Crippen molar-refractivity contribution in [3.05, 3.63) is 0 Å². The van der Waals surface area contributed by atoms with Crippen LogP contribution >= 0.6 is 0 Å². The molecule has 0 aliphatic heterocycles. The van der Waals surface area contributed by atoms with Gasteiger partial charge in [-0.1, -0.05) is 6.92 Å². The number of aliphatic carboxylic acids is 4. The zero-order valence-electron chi connectivity index (χ0n) is 13.4. The second-order valence-electron chi connectivity index (χ2n) is 4.38. The molecule has 0 bridgehead atoms. The summed E-state index contributed by atoms with van der Waals surface area (Å²) in [5.74, 6) is -7.07. The minimum atomic E-state index is -2.27. The number of aliphatic hydroxyl groups excluding tert-OH is 6. The monoisotopic (exact) mass is 390 g/mol. The maximum atomic E-state index is 9.77. The molecule has 154 valence electrons. The topological polar surface area (TPSA) is 271 Å². The Morgan fingerprint density at radius 2 is 0.808 bits per heavy atom. The highest BCUT2D eigenvalue weighted by atomic mass is 16.4. The number of hydrogen-bond donors (Lipinski definition) is 10. The second kappa shape index (κ2) is 14.9. The Bertz CT molecular complexity index is 373. The van der Waals surface area contributed by atoms with Crippen molar-refractivity contribution in [3.8, 4) is 0 Å². The highest BCUT2D eigenvalue weighted by Crippen LogP contribution is 1.93. The van der Waals surface area contributed by atoms with E-state index in [1.165, 1.54) is 0 Å². The molecule has 0 saturated carbocycles. The Morgan fingerprint density at radius 1 is 0.615 bits per heavy atom. The summed E-state index contributed by atoms with van der Waals surface area (Å²) < 4.78 is 0. The third kappa shape index (κ3) is 14.0. The van der Waals surface area contributed by atoms with Crippen molar-refractivity contribution < 1.29 is 70.2 Å². The van der Waals surface area contributed by atoms with Crippen LogP contribution in [0.1, 0.15) is 13.3 Å². The van der Waals surface area contributed by atoms with Gasteiger partial charge >= 0.3 is 23.9 Å². The maximum Gasteiger partial charge on any atom is 0.335 e. The van der Waals surface area contributed by atoms with E-state index in [4.69, 9.17) is 51.1 Å². The lowest BCUT2D eigenvalue weighted by molar-refractivity contribution is -0.165. The summed E-state index contributed by atoms with van der Waals surface area (Å²) in [7, 11) is 0. The van der Waals surface area contributed by atoms with Gasteiger partial charge in [-0.15, -0.1) is 0 Å². The first-order valence-electron chi connectivity index (χ1n) is 6.66. The van der Waals surface area contributed by atoms with E-state index in [1.807, 2.05) is 6.92 Å². The summed E-state index contributed by atoms with van der Waals surface area (Å²) in [4.78, 5) is 39.1. The summed E-state index contributed by atoms with van der Waals surface area (Å²) in [5.41, 5.74) is 0. The molecule has 0 radical (unpaired) electrons. The van der Waals surface area contributed by atoms with E-state index in [1.54, 1.807) is 0 Å². The van der Waals surface area contributed by atoms with Crippen LogP contribution in [-0.4, -0.2) is 112 Å². The summed E-state index contributed by atoms with van der Waals surface area (Å²) in [6.07, 6.45) is -8.94. The van der Waals surface area contributed by atoms with Gasteiger partial charge in [0.2, 0.25) is 0 Å². The van der Waals surface area contributed by atoms with Crippen molar-refractivity contribution >= 4 is 23.9 Å². The van der Waals surface area contributed by atoms with E-state index in [0.717, 1.165) is 0 Å². The molecule has 0 amide bonds. The number of carbonyl (C=O) groups is 4. The highest BCUT2D eigenvalue weighted by Gasteiger charge is 2.30. The van der Waals surface area contributed by atoms with Gasteiger partial charge in [0.25, 0.3) is 0 Å². The first kappa shape index (κ1) is 28.4. The zero-order valence-corrected chi connectivity index (χ0v) is 13.4. The van der Waals surface area contributed by atoms with E-state index >= 15 is 0 Å². The van der Waals surface area contributed by atoms with E-state index < -0.39 is 54.4 Å². The normalized spacial score (nSPS) is 15.5. The highest BCUT2D eigenvalue weighted by molar-refractivity contribution is 5.83. The Kier molecular flexibility index (Phi) is 16.3. The molecule has 0 saturated heterocycles. The molecule has 14 heteroatoms. The van der Waals surface area contributed by atoms with Crippen molar-refractivity contribution in [2.75, 3.05) is 6.61 Å². The molecule has 0 aromatic carbocycles. The molecule has 0 aromatic rings. The van der Waals surface area contributed by atoms with Gasteiger partial charge in [-0.3, -0.25) is 0 Å². The predicted octanol–water partition coefficient (Wildman–Crippen LogP) is -4.50. The molecule has 10 N–H and O–H groups in total. The van der Waals surface area contributed by atoms with Crippen molar-refractivity contribution in [1.29, 1.82) is 0 Å². The van der Waals surface area contributed by atoms with Crippen molar-refractivity contribution in [1.82, 2.24) is 0 Å². The fourth-order valence-electron chi connectivity index (χ4n) is 0.669. The maximum absolute atomic E-state index is 9.77. The van der Waals surface area contributed by atoms with E-state index in [-0.39, 0.29) is 6.61 Å². The molecule has 0 rings (SSSR count). The molecular formula is C12H22O14. The van der Waals surface area contributed by atoms with Crippen LogP contribution < -0.4 is 0 Å². The average Bonchev–Trinajstić information content (AvgIpc) is 2.58.